The summed E-state index contributed by atoms with van der Waals surface area (Å²) in [6.07, 6.45) is 5.12. The van der Waals surface area contributed by atoms with Gasteiger partial charge in [-0.25, -0.2) is 0 Å². The van der Waals surface area contributed by atoms with Crippen LogP contribution in [0.15, 0.2) is 71.2 Å². The number of aromatic nitrogens is 1. The number of anilines is 2. The lowest BCUT2D eigenvalue weighted by molar-refractivity contribution is 0.318. The Labute approximate surface area is 188 Å². The van der Waals surface area contributed by atoms with Crippen molar-refractivity contribution >= 4 is 44.2 Å². The second kappa shape index (κ2) is 8.32. The topological polar surface area (TPSA) is 99.3 Å². The summed E-state index contributed by atoms with van der Waals surface area (Å²) < 4.78 is 6.23. The van der Waals surface area contributed by atoms with Gasteiger partial charge in [0, 0.05) is 34.6 Å². The second-order valence-corrected chi connectivity index (χ2v) is 8.45. The van der Waals surface area contributed by atoms with Crippen molar-refractivity contribution in [2.75, 3.05) is 12.4 Å². The van der Waals surface area contributed by atoms with Gasteiger partial charge in [-0.05, 0) is 60.9 Å². The molecule has 4 aromatic rings. The molecular formula is C24H20N4O3S. The van der Waals surface area contributed by atoms with Gasteiger partial charge in [-0.15, -0.1) is 11.3 Å². The SMILES string of the molecule is COc1ccc(/C(=N/O)c2sc3cnccc3c2Nc2ccc3c(c2)CC/C3=N\O)cc1. The fourth-order valence-electron chi connectivity index (χ4n) is 4.02. The van der Waals surface area contributed by atoms with Crippen molar-refractivity contribution in [3.63, 3.8) is 0 Å². The third-order valence-electron chi connectivity index (χ3n) is 5.61. The van der Waals surface area contributed by atoms with Crippen LogP contribution in [0.4, 0.5) is 11.4 Å². The van der Waals surface area contributed by atoms with Crippen LogP contribution in [0.1, 0.15) is 28.0 Å². The van der Waals surface area contributed by atoms with Gasteiger partial charge in [-0.3, -0.25) is 4.98 Å². The Bertz CT molecular complexity index is 1360. The number of nitrogens with one attached hydrogen (secondary N) is 1. The van der Waals surface area contributed by atoms with E-state index in [1.807, 2.05) is 48.7 Å². The predicted octanol–water partition coefficient (Wildman–Crippen LogP) is 5.40. The van der Waals surface area contributed by atoms with E-state index in [1.165, 1.54) is 11.3 Å². The van der Waals surface area contributed by atoms with Gasteiger partial charge >= 0.3 is 0 Å². The number of hydrogen-bond acceptors (Lipinski definition) is 8. The van der Waals surface area contributed by atoms with E-state index in [0.717, 1.165) is 61.6 Å². The van der Waals surface area contributed by atoms with Gasteiger partial charge in [0.05, 0.1) is 28.1 Å². The van der Waals surface area contributed by atoms with Crippen molar-refractivity contribution in [1.29, 1.82) is 0 Å². The zero-order valence-electron chi connectivity index (χ0n) is 17.2. The van der Waals surface area contributed by atoms with Crippen molar-refractivity contribution in [2.24, 2.45) is 10.3 Å². The Morgan fingerprint density at radius 1 is 1.09 bits per heavy atom. The maximum absolute atomic E-state index is 9.94. The van der Waals surface area contributed by atoms with E-state index in [0.29, 0.717) is 11.4 Å². The van der Waals surface area contributed by atoms with Gasteiger partial charge in [0.25, 0.3) is 0 Å². The zero-order chi connectivity index (χ0) is 22.1. The Morgan fingerprint density at radius 3 is 2.69 bits per heavy atom. The smallest absolute Gasteiger partial charge is 0.129 e. The molecular weight excluding hydrogens is 424 g/mol. The summed E-state index contributed by atoms with van der Waals surface area (Å²) >= 11 is 1.51. The molecule has 2 aromatic carbocycles. The number of nitrogens with zero attached hydrogens (tertiary/aromatic N) is 3. The van der Waals surface area contributed by atoms with Crippen molar-refractivity contribution in [2.45, 2.75) is 12.8 Å². The van der Waals surface area contributed by atoms with Crippen LogP contribution >= 0.6 is 11.3 Å². The molecule has 8 heteroatoms. The van der Waals surface area contributed by atoms with Gasteiger partial charge in [-0.1, -0.05) is 16.4 Å². The van der Waals surface area contributed by atoms with E-state index < -0.39 is 0 Å². The predicted molar refractivity (Wildman–Crippen MR) is 126 cm³/mol. The second-order valence-electron chi connectivity index (χ2n) is 7.40. The van der Waals surface area contributed by atoms with Gasteiger partial charge in [0.1, 0.15) is 11.5 Å². The summed E-state index contributed by atoms with van der Waals surface area (Å²) in [5.41, 5.74) is 5.83. The number of aryl methyl sites for hydroxylation is 1. The average Bonchev–Trinajstić information content (AvgIpc) is 3.41. The van der Waals surface area contributed by atoms with Crippen LogP contribution in [0.25, 0.3) is 10.1 Å². The van der Waals surface area contributed by atoms with E-state index >= 15 is 0 Å². The average molecular weight is 445 g/mol. The minimum absolute atomic E-state index is 0.465. The van der Waals surface area contributed by atoms with Gasteiger partial charge in [0.2, 0.25) is 0 Å². The largest absolute Gasteiger partial charge is 0.497 e. The lowest BCUT2D eigenvalue weighted by Gasteiger charge is -2.12. The van der Waals surface area contributed by atoms with E-state index in [2.05, 4.69) is 26.7 Å². The molecule has 0 fully saturated rings. The standard InChI is InChI=1S/C24H20N4O3S/c1-31-17-6-2-14(3-7-17)22(28-30)24-23(19-10-11-25-13-21(19)32-24)26-16-5-8-18-15(12-16)4-9-20(18)27-29/h2-3,5-8,10-13,26,29-30H,4,9H2,1H3/b27-20+,28-22-. The van der Waals surface area contributed by atoms with Crippen LogP contribution in [0, 0.1) is 0 Å². The molecule has 0 saturated carbocycles. The Kier molecular flexibility index (Phi) is 5.20. The molecule has 0 aliphatic heterocycles. The fourth-order valence-corrected chi connectivity index (χ4v) is 5.15. The molecule has 0 bridgehead atoms. The first-order valence-electron chi connectivity index (χ1n) is 10.1. The number of pyridine rings is 1. The normalized spacial score (nSPS) is 14.7. The lowest BCUT2D eigenvalue weighted by atomic mass is 10.1. The third kappa shape index (κ3) is 3.44. The first-order chi connectivity index (χ1) is 15.7. The van der Waals surface area contributed by atoms with E-state index in [9.17, 15) is 10.4 Å². The van der Waals surface area contributed by atoms with Crippen molar-refractivity contribution < 1.29 is 15.2 Å². The van der Waals surface area contributed by atoms with Crippen LogP contribution in [-0.4, -0.2) is 33.9 Å². The van der Waals surface area contributed by atoms with Gasteiger partial charge in [0.15, 0.2) is 0 Å². The van der Waals surface area contributed by atoms with E-state index in [1.54, 1.807) is 13.3 Å². The minimum Gasteiger partial charge on any atom is -0.497 e. The van der Waals surface area contributed by atoms with Crippen LogP contribution in [-0.2, 0) is 6.42 Å². The molecule has 3 N–H and O–H groups in total. The summed E-state index contributed by atoms with van der Waals surface area (Å²) in [5, 5.41) is 30.7. The minimum atomic E-state index is 0.465. The first kappa shape index (κ1) is 20.0. The van der Waals surface area contributed by atoms with Crippen molar-refractivity contribution in [3.05, 3.63) is 82.5 Å². The number of oxime groups is 2. The Morgan fingerprint density at radius 2 is 1.94 bits per heavy atom. The molecule has 160 valence electrons. The number of ether oxygens (including phenoxy) is 1. The molecule has 0 radical (unpaired) electrons. The number of methoxy groups -OCH3 is 1. The van der Waals surface area contributed by atoms with E-state index in [4.69, 9.17) is 4.74 Å². The molecule has 5 rings (SSSR count). The highest BCUT2D eigenvalue weighted by Crippen LogP contribution is 2.39. The number of thiophene rings is 1. The number of fused-ring (bicyclic) bond motifs is 2. The molecule has 1 aliphatic carbocycles. The zero-order valence-corrected chi connectivity index (χ0v) is 18.1. The molecule has 0 spiro atoms. The van der Waals surface area contributed by atoms with Crippen LogP contribution in [0.5, 0.6) is 5.75 Å². The quantitative estimate of drug-likeness (QED) is 0.217. The molecule has 32 heavy (non-hydrogen) atoms. The fraction of sp³-hybridized carbons (Fsp3) is 0.125. The van der Waals surface area contributed by atoms with Crippen LogP contribution in [0.2, 0.25) is 0 Å². The van der Waals surface area contributed by atoms with Gasteiger partial charge < -0.3 is 20.5 Å². The summed E-state index contributed by atoms with van der Waals surface area (Å²) in [7, 11) is 1.61. The number of benzene rings is 2. The monoisotopic (exact) mass is 444 g/mol. The van der Waals surface area contributed by atoms with Crippen LogP contribution < -0.4 is 10.1 Å². The van der Waals surface area contributed by atoms with Crippen molar-refractivity contribution in [3.8, 4) is 5.75 Å². The number of rotatable bonds is 5. The Balaban J connectivity index is 1.59. The molecule has 0 amide bonds. The summed E-state index contributed by atoms with van der Waals surface area (Å²) in [4.78, 5) is 5.05. The number of hydrogen-bond donors (Lipinski definition) is 3. The summed E-state index contributed by atoms with van der Waals surface area (Å²) in [6, 6.07) is 15.4. The van der Waals surface area contributed by atoms with Crippen LogP contribution in [0.3, 0.4) is 0 Å². The maximum atomic E-state index is 9.94. The highest BCUT2D eigenvalue weighted by molar-refractivity contribution is 7.21. The molecule has 1 aliphatic rings. The van der Waals surface area contributed by atoms with Gasteiger partial charge in [-0.2, -0.15) is 0 Å². The molecule has 0 saturated heterocycles. The van der Waals surface area contributed by atoms with E-state index in [-0.39, 0.29) is 0 Å². The Hall–Kier alpha value is -3.91. The summed E-state index contributed by atoms with van der Waals surface area (Å²) in [5.74, 6) is 0.730. The first-order valence-corrected chi connectivity index (χ1v) is 10.9. The molecule has 0 unspecified atom stereocenters. The highest BCUT2D eigenvalue weighted by atomic mass is 32.1. The molecule has 0 atom stereocenters. The molecule has 2 heterocycles. The lowest BCUT2D eigenvalue weighted by Crippen LogP contribution is -2.05. The maximum Gasteiger partial charge on any atom is 0.129 e. The highest BCUT2D eigenvalue weighted by Gasteiger charge is 2.22. The van der Waals surface area contributed by atoms with Crippen molar-refractivity contribution in [1.82, 2.24) is 4.98 Å². The molecule has 2 aromatic heterocycles. The molecule has 7 nitrogen and oxygen atoms in total. The third-order valence-corrected chi connectivity index (χ3v) is 6.76. The summed E-state index contributed by atoms with van der Waals surface area (Å²) in [6.45, 7) is 0.